The van der Waals surface area contributed by atoms with Crippen molar-refractivity contribution in [1.82, 2.24) is 4.57 Å². The maximum atomic E-state index is 11.7. The summed E-state index contributed by atoms with van der Waals surface area (Å²) in [6.45, 7) is 2.07. The molecule has 0 saturated carbocycles. The van der Waals surface area contributed by atoms with Gasteiger partial charge in [0.2, 0.25) is 0 Å². The van der Waals surface area contributed by atoms with E-state index in [4.69, 9.17) is 14.6 Å². The summed E-state index contributed by atoms with van der Waals surface area (Å²) in [4.78, 5) is 22.5. The van der Waals surface area contributed by atoms with Crippen LogP contribution < -0.4 is 4.74 Å². The van der Waals surface area contributed by atoms with Gasteiger partial charge in [-0.3, -0.25) is 4.79 Å². The van der Waals surface area contributed by atoms with Crippen LogP contribution in [0, 0.1) is 0 Å². The monoisotopic (exact) mass is 501 g/mol. The third-order valence-electron chi connectivity index (χ3n) is 6.16. The van der Waals surface area contributed by atoms with E-state index in [1.165, 1.54) is 11.1 Å². The zero-order valence-corrected chi connectivity index (χ0v) is 20.6. The second-order valence-electron chi connectivity index (χ2n) is 8.95. The number of aromatic nitrogens is 1. The number of aliphatic carboxylic acids is 1. The molecule has 4 aromatic rings. The van der Waals surface area contributed by atoms with Crippen molar-refractivity contribution >= 4 is 22.8 Å². The highest BCUT2D eigenvalue weighted by molar-refractivity contribution is 5.95. The second kappa shape index (κ2) is 12.7. The van der Waals surface area contributed by atoms with Crippen LogP contribution in [-0.4, -0.2) is 33.3 Å². The van der Waals surface area contributed by atoms with Gasteiger partial charge in [-0.2, -0.15) is 0 Å². The van der Waals surface area contributed by atoms with Gasteiger partial charge < -0.3 is 24.3 Å². The summed E-state index contributed by atoms with van der Waals surface area (Å²) in [5, 5.41) is 19.2. The number of nitrogens with zero attached hydrogens (tertiary/aromatic N) is 1. The Balaban J connectivity index is 1.28. The fraction of sp³-hybridized carbons (Fsp3) is 0.267. The zero-order chi connectivity index (χ0) is 26.0. The number of benzene rings is 3. The van der Waals surface area contributed by atoms with Crippen molar-refractivity contribution in [2.24, 2.45) is 0 Å². The molecule has 37 heavy (non-hydrogen) atoms. The minimum Gasteiger partial charge on any atom is -0.489 e. The lowest BCUT2D eigenvalue weighted by Crippen LogP contribution is -2.09. The number of fused-ring (bicyclic) bond motifs is 1. The Hall–Kier alpha value is -4.10. The van der Waals surface area contributed by atoms with Crippen LogP contribution in [0.1, 0.15) is 46.4 Å². The van der Waals surface area contributed by atoms with E-state index < -0.39 is 11.9 Å². The third kappa shape index (κ3) is 7.44. The Morgan fingerprint density at radius 3 is 2.24 bits per heavy atom. The molecule has 4 rings (SSSR count). The number of rotatable bonds is 14. The topological polar surface area (TPSA) is 98.0 Å². The van der Waals surface area contributed by atoms with Crippen molar-refractivity contribution in [3.8, 4) is 5.75 Å². The molecular formula is C30H31NO6. The van der Waals surface area contributed by atoms with Gasteiger partial charge in [0.15, 0.2) is 0 Å². The summed E-state index contributed by atoms with van der Waals surface area (Å²) in [6.07, 6.45) is 2.24. The van der Waals surface area contributed by atoms with E-state index in [0.29, 0.717) is 38.5 Å². The first kappa shape index (κ1) is 26.0. The maximum Gasteiger partial charge on any atom is 0.352 e. The number of aromatic carboxylic acids is 1. The summed E-state index contributed by atoms with van der Waals surface area (Å²) in [6, 6.07) is 25.5. The van der Waals surface area contributed by atoms with Gasteiger partial charge in [-0.05, 0) is 60.2 Å². The van der Waals surface area contributed by atoms with Crippen LogP contribution in [0.25, 0.3) is 10.9 Å². The fourth-order valence-electron chi connectivity index (χ4n) is 4.26. The van der Waals surface area contributed by atoms with Gasteiger partial charge in [0.1, 0.15) is 18.1 Å². The lowest BCUT2D eigenvalue weighted by atomic mass is 10.1. The summed E-state index contributed by atoms with van der Waals surface area (Å²) in [7, 11) is 0. The van der Waals surface area contributed by atoms with Crippen molar-refractivity contribution in [2.75, 3.05) is 6.61 Å². The first-order valence-electron chi connectivity index (χ1n) is 12.4. The lowest BCUT2D eigenvalue weighted by Gasteiger charge is -2.10. The number of carbonyl (C=O) groups is 2. The SMILES string of the molecule is O=C(O)CCCn1c(C(=O)O)cc2cc(OCc3ccc(CCCOCc4ccccc4)cc3)ccc21. The highest BCUT2D eigenvalue weighted by Gasteiger charge is 2.15. The molecule has 0 amide bonds. The van der Waals surface area contributed by atoms with E-state index in [-0.39, 0.29) is 12.1 Å². The minimum absolute atomic E-state index is 0.0131. The Bertz CT molecular complexity index is 1330. The van der Waals surface area contributed by atoms with Crippen LogP contribution in [0.15, 0.2) is 78.9 Å². The second-order valence-corrected chi connectivity index (χ2v) is 8.95. The molecule has 0 fully saturated rings. The standard InChI is InChI=1S/C30H31NO6/c32-29(33)9-4-16-31-27-15-14-26(18-25(27)19-28(31)30(34)35)37-21-24-12-10-22(11-13-24)8-5-17-36-20-23-6-2-1-3-7-23/h1-3,6-7,10-15,18-19H,4-5,8-9,16-17,20-21H2,(H,32,33)(H,34,35). The molecule has 0 bridgehead atoms. The van der Waals surface area contributed by atoms with Crippen molar-refractivity contribution in [3.05, 3.63) is 101 Å². The number of hydrogen-bond donors (Lipinski definition) is 2. The van der Waals surface area contributed by atoms with Gasteiger partial charge in [0.05, 0.1) is 6.61 Å². The predicted molar refractivity (Wildman–Crippen MR) is 141 cm³/mol. The Morgan fingerprint density at radius 1 is 0.784 bits per heavy atom. The van der Waals surface area contributed by atoms with E-state index in [9.17, 15) is 14.7 Å². The predicted octanol–water partition coefficient (Wildman–Crippen LogP) is 5.93. The molecule has 7 nitrogen and oxygen atoms in total. The molecule has 0 spiro atoms. The number of carboxylic acids is 2. The van der Waals surface area contributed by atoms with Crippen molar-refractivity contribution < 1.29 is 29.3 Å². The molecule has 0 aliphatic heterocycles. The smallest absolute Gasteiger partial charge is 0.352 e. The average Bonchev–Trinajstić information content (AvgIpc) is 3.26. The molecular weight excluding hydrogens is 470 g/mol. The van der Waals surface area contributed by atoms with Crippen molar-refractivity contribution in [1.29, 1.82) is 0 Å². The Kier molecular flexibility index (Phi) is 8.94. The van der Waals surface area contributed by atoms with Crippen LogP contribution in [0.4, 0.5) is 0 Å². The van der Waals surface area contributed by atoms with Crippen LogP contribution in [0.3, 0.4) is 0 Å². The summed E-state index contributed by atoms with van der Waals surface area (Å²) in [5.74, 6) is -1.30. The van der Waals surface area contributed by atoms with Crippen LogP contribution >= 0.6 is 0 Å². The molecule has 192 valence electrons. The molecule has 0 aliphatic rings. The molecule has 1 heterocycles. The summed E-state index contributed by atoms with van der Waals surface area (Å²) >= 11 is 0. The van der Waals surface area contributed by atoms with Gasteiger partial charge in [0, 0.05) is 30.5 Å². The van der Waals surface area contributed by atoms with E-state index in [0.717, 1.165) is 29.3 Å². The number of hydrogen-bond acceptors (Lipinski definition) is 4. The fourth-order valence-corrected chi connectivity index (χ4v) is 4.26. The van der Waals surface area contributed by atoms with Gasteiger partial charge >= 0.3 is 11.9 Å². The normalized spacial score (nSPS) is 11.0. The zero-order valence-electron chi connectivity index (χ0n) is 20.6. The molecule has 0 saturated heterocycles. The van der Waals surface area contributed by atoms with Gasteiger partial charge in [-0.15, -0.1) is 0 Å². The van der Waals surface area contributed by atoms with E-state index >= 15 is 0 Å². The molecule has 2 N–H and O–H groups in total. The molecule has 0 unspecified atom stereocenters. The largest absolute Gasteiger partial charge is 0.489 e. The van der Waals surface area contributed by atoms with Crippen LogP contribution in [0.5, 0.6) is 5.75 Å². The third-order valence-corrected chi connectivity index (χ3v) is 6.16. The van der Waals surface area contributed by atoms with Crippen molar-refractivity contribution in [2.45, 2.75) is 45.4 Å². The molecule has 1 aromatic heterocycles. The lowest BCUT2D eigenvalue weighted by molar-refractivity contribution is -0.137. The van der Waals surface area contributed by atoms with E-state index in [1.807, 2.05) is 36.4 Å². The first-order valence-corrected chi connectivity index (χ1v) is 12.4. The Morgan fingerprint density at radius 2 is 1.51 bits per heavy atom. The van der Waals surface area contributed by atoms with Gasteiger partial charge in [-0.1, -0.05) is 54.6 Å². The molecule has 0 atom stereocenters. The van der Waals surface area contributed by atoms with E-state index in [2.05, 4.69) is 36.4 Å². The quantitative estimate of drug-likeness (QED) is 0.208. The number of ether oxygens (including phenoxy) is 2. The first-order chi connectivity index (χ1) is 18.0. The maximum absolute atomic E-state index is 11.7. The Labute approximate surface area is 215 Å². The van der Waals surface area contributed by atoms with Crippen LogP contribution in [0.2, 0.25) is 0 Å². The van der Waals surface area contributed by atoms with Gasteiger partial charge in [-0.25, -0.2) is 4.79 Å². The minimum atomic E-state index is -1.04. The van der Waals surface area contributed by atoms with Crippen molar-refractivity contribution in [3.63, 3.8) is 0 Å². The summed E-state index contributed by atoms with van der Waals surface area (Å²) < 4.78 is 13.4. The number of aryl methyl sites for hydroxylation is 2. The summed E-state index contributed by atoms with van der Waals surface area (Å²) in [5.41, 5.74) is 4.35. The highest BCUT2D eigenvalue weighted by Crippen LogP contribution is 2.26. The van der Waals surface area contributed by atoms with Gasteiger partial charge in [0.25, 0.3) is 0 Å². The van der Waals surface area contributed by atoms with Crippen LogP contribution in [-0.2, 0) is 35.7 Å². The highest BCUT2D eigenvalue weighted by atomic mass is 16.5. The molecule has 7 heteroatoms. The average molecular weight is 502 g/mol. The number of carboxylic acid groups (broad SMARTS) is 2. The van der Waals surface area contributed by atoms with E-state index in [1.54, 1.807) is 10.6 Å². The molecule has 0 radical (unpaired) electrons. The molecule has 3 aromatic carbocycles. The molecule has 0 aliphatic carbocycles.